The minimum Gasteiger partial charge on any atom is -0.465 e. The van der Waals surface area contributed by atoms with Crippen LogP contribution in [0.15, 0.2) is 18.5 Å². The van der Waals surface area contributed by atoms with E-state index in [1.165, 1.54) is 11.9 Å². The Kier molecular flexibility index (Phi) is 2.83. The lowest BCUT2D eigenvalue weighted by Gasteiger charge is -2.27. The van der Waals surface area contributed by atoms with Gasteiger partial charge >= 0.3 is 6.09 Å². The molecule has 100 valence electrons. The summed E-state index contributed by atoms with van der Waals surface area (Å²) in [6.45, 7) is 1.50. The Morgan fingerprint density at radius 2 is 2.53 bits per heavy atom. The summed E-state index contributed by atoms with van der Waals surface area (Å²) in [7, 11) is 1.53. The molecule has 3 rings (SSSR count). The summed E-state index contributed by atoms with van der Waals surface area (Å²) in [5.41, 5.74) is 1.74. The zero-order valence-corrected chi connectivity index (χ0v) is 10.5. The van der Waals surface area contributed by atoms with Crippen LogP contribution < -0.4 is 0 Å². The number of pyridine rings is 1. The van der Waals surface area contributed by atoms with Gasteiger partial charge in [0.1, 0.15) is 11.6 Å². The number of hydrogen-bond acceptors (Lipinski definition) is 4. The highest BCUT2D eigenvalue weighted by molar-refractivity contribution is 5.81. The minimum absolute atomic E-state index is 0.290. The summed E-state index contributed by atoms with van der Waals surface area (Å²) in [5, 5.41) is 14.4. The van der Waals surface area contributed by atoms with E-state index in [4.69, 9.17) is 9.84 Å². The second kappa shape index (κ2) is 4.51. The van der Waals surface area contributed by atoms with Gasteiger partial charge in [-0.2, -0.15) is 5.10 Å². The molecular weight excluding hydrogens is 248 g/mol. The molecule has 1 N–H and O–H groups in total. The zero-order chi connectivity index (χ0) is 13.4. The molecule has 3 heterocycles. The second-order valence-electron chi connectivity index (χ2n) is 4.52. The van der Waals surface area contributed by atoms with Gasteiger partial charge in [-0.15, -0.1) is 0 Å². The van der Waals surface area contributed by atoms with Crippen molar-refractivity contribution in [2.24, 2.45) is 0 Å². The van der Waals surface area contributed by atoms with Gasteiger partial charge in [0.05, 0.1) is 31.6 Å². The maximum Gasteiger partial charge on any atom is 0.407 e. The van der Waals surface area contributed by atoms with Crippen LogP contribution in [0.5, 0.6) is 0 Å². The first kappa shape index (κ1) is 11.9. The van der Waals surface area contributed by atoms with Crippen molar-refractivity contribution in [2.75, 3.05) is 20.2 Å². The Bertz CT molecular complexity index is 624. The normalized spacial score (nSPS) is 18.3. The maximum absolute atomic E-state index is 10.9. The van der Waals surface area contributed by atoms with Crippen molar-refractivity contribution in [3.63, 3.8) is 0 Å². The monoisotopic (exact) mass is 262 g/mol. The highest BCUT2D eigenvalue weighted by Crippen LogP contribution is 2.29. The Balaban J connectivity index is 2.01. The molecule has 0 fully saturated rings. The second-order valence-corrected chi connectivity index (χ2v) is 4.52. The number of aromatic nitrogens is 3. The number of rotatable bonds is 2. The maximum atomic E-state index is 10.9. The topological polar surface area (TPSA) is 80.5 Å². The molecule has 19 heavy (non-hydrogen) atoms. The molecular formula is C12H14N4O3. The molecule has 0 spiro atoms. The summed E-state index contributed by atoms with van der Waals surface area (Å²) in [6, 6.07) is 1.89. The van der Waals surface area contributed by atoms with E-state index in [0.29, 0.717) is 19.7 Å². The summed E-state index contributed by atoms with van der Waals surface area (Å²) in [4.78, 5) is 16.2. The molecule has 2 aromatic heterocycles. The van der Waals surface area contributed by atoms with E-state index in [9.17, 15) is 4.79 Å². The van der Waals surface area contributed by atoms with Crippen molar-refractivity contribution in [3.8, 4) is 0 Å². The first-order valence-electron chi connectivity index (χ1n) is 6.03. The Labute approximate surface area is 109 Å². The predicted octanol–water partition coefficient (Wildman–Crippen LogP) is 1.11. The standard InChI is InChI=1S/C12H14N4O3/c1-15(12(17)18)7-10-11-8-2-3-13-6-9(8)14-16(11)4-5-19-10/h2-3,6,10H,4-5,7H2,1H3,(H,17,18). The lowest BCUT2D eigenvalue weighted by Crippen LogP contribution is -2.34. The molecule has 1 unspecified atom stereocenters. The van der Waals surface area contributed by atoms with Gasteiger partial charge in [0.2, 0.25) is 0 Å². The van der Waals surface area contributed by atoms with Crippen LogP contribution in [0.4, 0.5) is 4.79 Å². The molecule has 0 saturated heterocycles. The molecule has 1 amide bonds. The van der Waals surface area contributed by atoms with E-state index in [1.807, 2.05) is 10.7 Å². The van der Waals surface area contributed by atoms with Crippen LogP contribution >= 0.6 is 0 Å². The smallest absolute Gasteiger partial charge is 0.407 e. The molecule has 0 aromatic carbocycles. The summed E-state index contributed by atoms with van der Waals surface area (Å²) < 4.78 is 7.59. The highest BCUT2D eigenvalue weighted by Gasteiger charge is 2.27. The molecule has 7 nitrogen and oxygen atoms in total. The third kappa shape index (κ3) is 2.01. The van der Waals surface area contributed by atoms with Gasteiger partial charge in [-0.05, 0) is 6.07 Å². The fourth-order valence-corrected chi connectivity index (χ4v) is 2.34. The summed E-state index contributed by atoms with van der Waals surface area (Å²) in [6.07, 6.45) is 2.16. The highest BCUT2D eigenvalue weighted by atomic mass is 16.5. The first-order valence-corrected chi connectivity index (χ1v) is 6.03. The molecule has 1 atom stereocenters. The van der Waals surface area contributed by atoms with Crippen LogP contribution in [-0.4, -0.2) is 51.1 Å². The number of nitrogens with zero attached hydrogens (tertiary/aromatic N) is 4. The molecule has 1 aliphatic heterocycles. The molecule has 0 saturated carbocycles. The van der Waals surface area contributed by atoms with Crippen LogP contribution in [0.25, 0.3) is 10.9 Å². The van der Waals surface area contributed by atoms with E-state index < -0.39 is 6.09 Å². The largest absolute Gasteiger partial charge is 0.465 e. The van der Waals surface area contributed by atoms with E-state index in [0.717, 1.165) is 16.6 Å². The number of amides is 1. The van der Waals surface area contributed by atoms with Gasteiger partial charge in [0.15, 0.2) is 0 Å². The van der Waals surface area contributed by atoms with Crippen molar-refractivity contribution in [3.05, 3.63) is 24.2 Å². The van der Waals surface area contributed by atoms with Gasteiger partial charge in [-0.3, -0.25) is 9.67 Å². The summed E-state index contributed by atoms with van der Waals surface area (Å²) in [5.74, 6) is 0. The third-order valence-electron chi connectivity index (χ3n) is 3.28. The minimum atomic E-state index is -0.966. The van der Waals surface area contributed by atoms with Crippen molar-refractivity contribution >= 4 is 17.0 Å². The van der Waals surface area contributed by atoms with E-state index in [2.05, 4.69) is 10.1 Å². The first-order chi connectivity index (χ1) is 9.16. The number of carboxylic acid groups (broad SMARTS) is 1. The van der Waals surface area contributed by atoms with Gasteiger partial charge in [0.25, 0.3) is 0 Å². The molecule has 7 heteroatoms. The van der Waals surface area contributed by atoms with Crippen molar-refractivity contribution in [1.82, 2.24) is 19.7 Å². The molecule has 0 radical (unpaired) electrons. The molecule has 0 aliphatic carbocycles. The average Bonchev–Trinajstić information content (AvgIpc) is 2.77. The van der Waals surface area contributed by atoms with Gasteiger partial charge in [-0.25, -0.2) is 4.79 Å². The van der Waals surface area contributed by atoms with Crippen molar-refractivity contribution < 1.29 is 14.6 Å². The quantitative estimate of drug-likeness (QED) is 0.877. The van der Waals surface area contributed by atoms with Gasteiger partial charge in [0, 0.05) is 18.6 Å². The number of hydrogen-bond donors (Lipinski definition) is 1. The fourth-order valence-electron chi connectivity index (χ4n) is 2.34. The Morgan fingerprint density at radius 1 is 1.68 bits per heavy atom. The molecule has 1 aliphatic rings. The number of likely N-dealkylation sites (N-methyl/N-ethyl adjacent to an activating group) is 1. The van der Waals surface area contributed by atoms with Crippen LogP contribution in [0.1, 0.15) is 11.8 Å². The lowest BCUT2D eigenvalue weighted by molar-refractivity contribution is 0.00168. The van der Waals surface area contributed by atoms with Gasteiger partial charge < -0.3 is 14.7 Å². The van der Waals surface area contributed by atoms with Crippen LogP contribution in [0.2, 0.25) is 0 Å². The average molecular weight is 262 g/mol. The fraction of sp³-hybridized carbons (Fsp3) is 0.417. The van der Waals surface area contributed by atoms with E-state index >= 15 is 0 Å². The third-order valence-corrected chi connectivity index (χ3v) is 3.28. The lowest BCUT2D eigenvalue weighted by atomic mass is 10.1. The Morgan fingerprint density at radius 3 is 3.32 bits per heavy atom. The zero-order valence-electron chi connectivity index (χ0n) is 10.5. The van der Waals surface area contributed by atoms with Crippen LogP contribution in [0, 0.1) is 0 Å². The SMILES string of the molecule is CN(CC1OCCn2nc3cnccc3c21)C(=O)O. The van der Waals surface area contributed by atoms with Crippen molar-refractivity contribution in [2.45, 2.75) is 12.6 Å². The number of carbonyl (C=O) groups is 1. The van der Waals surface area contributed by atoms with Crippen molar-refractivity contribution in [1.29, 1.82) is 0 Å². The van der Waals surface area contributed by atoms with Gasteiger partial charge in [-0.1, -0.05) is 0 Å². The molecule has 0 bridgehead atoms. The number of ether oxygens (including phenoxy) is 1. The predicted molar refractivity (Wildman–Crippen MR) is 66.9 cm³/mol. The van der Waals surface area contributed by atoms with Crippen LogP contribution in [-0.2, 0) is 11.3 Å². The number of fused-ring (bicyclic) bond motifs is 3. The van der Waals surface area contributed by atoms with E-state index in [1.54, 1.807) is 12.4 Å². The Hall–Kier alpha value is -2.15. The molecule has 2 aromatic rings. The summed E-state index contributed by atoms with van der Waals surface area (Å²) >= 11 is 0. The van der Waals surface area contributed by atoms with E-state index in [-0.39, 0.29) is 6.10 Å². The van der Waals surface area contributed by atoms with Crippen LogP contribution in [0.3, 0.4) is 0 Å².